The van der Waals surface area contributed by atoms with Crippen LogP contribution in [0.5, 0.6) is 0 Å². The summed E-state index contributed by atoms with van der Waals surface area (Å²) in [5.74, 6) is -1.00. The van der Waals surface area contributed by atoms with Gasteiger partial charge in [0, 0.05) is 22.3 Å². The Labute approximate surface area is 158 Å². The van der Waals surface area contributed by atoms with Gasteiger partial charge in [-0.3, -0.25) is 4.79 Å². The molecule has 3 rings (SSSR count). The zero-order chi connectivity index (χ0) is 18.8. The Hall–Kier alpha value is -2.27. The number of carboxylic acid groups (broad SMARTS) is 1. The number of nitrogens with zero attached hydrogens (tertiary/aromatic N) is 1. The molecule has 1 aromatic carbocycles. The van der Waals surface area contributed by atoms with E-state index in [1.165, 1.54) is 6.42 Å². The van der Waals surface area contributed by atoms with Gasteiger partial charge in [0.2, 0.25) is 0 Å². The molecule has 1 aliphatic carbocycles. The Balaban J connectivity index is 2.04. The summed E-state index contributed by atoms with van der Waals surface area (Å²) in [6.45, 7) is 3.72. The first-order valence-electron chi connectivity index (χ1n) is 8.91. The van der Waals surface area contributed by atoms with Crippen molar-refractivity contribution < 1.29 is 14.7 Å². The number of carbonyl (C=O) groups is 2. The van der Waals surface area contributed by atoms with Gasteiger partial charge in [-0.15, -0.1) is 0 Å². The molecule has 6 heteroatoms. The van der Waals surface area contributed by atoms with Gasteiger partial charge in [0.25, 0.3) is 5.91 Å². The Morgan fingerprint density at radius 3 is 2.50 bits per heavy atom. The van der Waals surface area contributed by atoms with Crippen molar-refractivity contribution in [2.24, 2.45) is 0 Å². The van der Waals surface area contributed by atoms with Gasteiger partial charge in [0.15, 0.2) is 0 Å². The fraction of sp³-hybridized carbons (Fsp3) is 0.400. The highest BCUT2D eigenvalue weighted by Gasteiger charge is 2.29. The number of aromatic carboxylic acids is 1. The quantitative estimate of drug-likeness (QED) is 0.771. The van der Waals surface area contributed by atoms with E-state index < -0.39 is 5.97 Å². The second-order valence-electron chi connectivity index (χ2n) is 6.87. The maximum atomic E-state index is 12.7. The molecule has 1 fully saturated rings. The lowest BCUT2D eigenvalue weighted by Crippen LogP contribution is -2.21. The van der Waals surface area contributed by atoms with Crippen LogP contribution in [0.2, 0.25) is 5.02 Å². The molecule has 0 atom stereocenters. The molecule has 26 heavy (non-hydrogen) atoms. The highest BCUT2D eigenvalue weighted by Crippen LogP contribution is 2.37. The minimum absolute atomic E-state index is 0.170. The van der Waals surface area contributed by atoms with Crippen LogP contribution in [0.15, 0.2) is 24.3 Å². The molecule has 1 saturated carbocycles. The number of nitrogens with one attached hydrogen (secondary N) is 1. The van der Waals surface area contributed by atoms with E-state index in [0.717, 1.165) is 31.4 Å². The molecule has 2 N–H and O–H groups in total. The van der Waals surface area contributed by atoms with Crippen molar-refractivity contribution in [3.63, 3.8) is 0 Å². The van der Waals surface area contributed by atoms with Gasteiger partial charge in [0.1, 0.15) is 11.4 Å². The lowest BCUT2D eigenvalue weighted by atomic mass is 9.95. The second kappa shape index (κ2) is 7.54. The van der Waals surface area contributed by atoms with Crippen LogP contribution < -0.4 is 5.32 Å². The Bertz CT molecular complexity index is 851. The highest BCUT2D eigenvalue weighted by atomic mass is 35.5. The van der Waals surface area contributed by atoms with Crippen LogP contribution in [0.1, 0.15) is 70.1 Å². The van der Waals surface area contributed by atoms with Crippen molar-refractivity contribution in [2.45, 2.75) is 52.0 Å². The van der Waals surface area contributed by atoms with E-state index in [4.69, 9.17) is 11.6 Å². The largest absolute Gasteiger partial charge is 0.478 e. The minimum Gasteiger partial charge on any atom is -0.478 e. The normalized spacial score (nSPS) is 15.0. The molecule has 5 nitrogen and oxygen atoms in total. The predicted octanol–water partition coefficient (Wildman–Crippen LogP) is 5.21. The summed E-state index contributed by atoms with van der Waals surface area (Å²) in [5.41, 5.74) is 2.17. The first kappa shape index (κ1) is 18.5. The van der Waals surface area contributed by atoms with Crippen molar-refractivity contribution in [3.8, 4) is 0 Å². The van der Waals surface area contributed by atoms with Gasteiger partial charge in [0.05, 0.1) is 0 Å². The molecule has 0 unspecified atom stereocenters. The lowest BCUT2D eigenvalue weighted by molar-refractivity contribution is 0.0697. The Morgan fingerprint density at radius 1 is 1.19 bits per heavy atom. The SMILES string of the molecule is Cc1c(C(=O)O)c(NC(=O)c2cccc(Cl)c2)n(C2CCCCC2)c1C. The van der Waals surface area contributed by atoms with E-state index in [1.54, 1.807) is 31.2 Å². The predicted molar refractivity (Wildman–Crippen MR) is 102 cm³/mol. The average Bonchev–Trinajstić information content (AvgIpc) is 2.86. The fourth-order valence-electron chi connectivity index (χ4n) is 3.82. The first-order chi connectivity index (χ1) is 12.4. The van der Waals surface area contributed by atoms with Crippen molar-refractivity contribution in [3.05, 3.63) is 51.7 Å². The number of amides is 1. The maximum Gasteiger partial charge on any atom is 0.339 e. The number of rotatable bonds is 4. The van der Waals surface area contributed by atoms with E-state index in [2.05, 4.69) is 5.32 Å². The number of benzene rings is 1. The standard InChI is InChI=1S/C20H23ClN2O3/c1-12-13(2)23(16-9-4-3-5-10-16)18(17(12)20(25)26)22-19(24)14-7-6-8-15(21)11-14/h6-8,11,16H,3-5,9-10H2,1-2H3,(H,22,24)(H,25,26). The molecule has 0 bridgehead atoms. The number of hydrogen-bond donors (Lipinski definition) is 2. The number of carboxylic acids is 1. The number of carbonyl (C=O) groups excluding carboxylic acids is 1. The molecule has 1 amide bonds. The molecule has 1 aromatic heterocycles. The Kier molecular flexibility index (Phi) is 5.37. The molecule has 1 heterocycles. The smallest absolute Gasteiger partial charge is 0.339 e. The summed E-state index contributed by atoms with van der Waals surface area (Å²) in [6, 6.07) is 6.84. The van der Waals surface area contributed by atoms with Crippen LogP contribution in [-0.4, -0.2) is 21.6 Å². The summed E-state index contributed by atoms with van der Waals surface area (Å²) < 4.78 is 2.01. The van der Waals surface area contributed by atoms with E-state index in [-0.39, 0.29) is 17.5 Å². The summed E-state index contributed by atoms with van der Waals surface area (Å²) >= 11 is 5.98. The molecule has 0 spiro atoms. The molecule has 0 aliphatic heterocycles. The number of halogens is 1. The van der Waals surface area contributed by atoms with E-state index in [1.807, 2.05) is 11.5 Å². The van der Waals surface area contributed by atoms with Gasteiger partial charge in [-0.05, 0) is 50.5 Å². The summed E-state index contributed by atoms with van der Waals surface area (Å²) in [7, 11) is 0. The van der Waals surface area contributed by atoms with Crippen LogP contribution >= 0.6 is 11.6 Å². The first-order valence-corrected chi connectivity index (χ1v) is 9.29. The van der Waals surface area contributed by atoms with Gasteiger partial charge in [-0.2, -0.15) is 0 Å². The summed E-state index contributed by atoms with van der Waals surface area (Å²) in [4.78, 5) is 24.6. The molecular weight excluding hydrogens is 352 g/mol. The van der Waals surface area contributed by atoms with Gasteiger partial charge >= 0.3 is 5.97 Å². The molecule has 0 saturated heterocycles. The Morgan fingerprint density at radius 2 is 1.88 bits per heavy atom. The van der Waals surface area contributed by atoms with Crippen molar-refractivity contribution in [1.82, 2.24) is 4.57 Å². The number of hydrogen-bond acceptors (Lipinski definition) is 2. The summed E-state index contributed by atoms with van der Waals surface area (Å²) in [6.07, 6.45) is 5.42. The van der Waals surface area contributed by atoms with Crippen molar-refractivity contribution >= 4 is 29.3 Å². The number of aromatic nitrogens is 1. The van der Waals surface area contributed by atoms with Crippen LogP contribution in [0, 0.1) is 13.8 Å². The molecule has 1 aliphatic rings. The zero-order valence-corrected chi connectivity index (χ0v) is 15.8. The van der Waals surface area contributed by atoms with Crippen LogP contribution in [-0.2, 0) is 0 Å². The zero-order valence-electron chi connectivity index (χ0n) is 15.0. The van der Waals surface area contributed by atoms with Gasteiger partial charge in [-0.25, -0.2) is 4.79 Å². The molecule has 138 valence electrons. The third-order valence-electron chi connectivity index (χ3n) is 5.23. The summed E-state index contributed by atoms with van der Waals surface area (Å²) in [5, 5.41) is 13.0. The van der Waals surface area contributed by atoms with Gasteiger partial charge < -0.3 is 15.0 Å². The fourth-order valence-corrected chi connectivity index (χ4v) is 4.01. The third-order valence-corrected chi connectivity index (χ3v) is 5.46. The van der Waals surface area contributed by atoms with E-state index in [9.17, 15) is 14.7 Å². The minimum atomic E-state index is -1.03. The van der Waals surface area contributed by atoms with Gasteiger partial charge in [-0.1, -0.05) is 36.9 Å². The van der Waals surface area contributed by atoms with Crippen LogP contribution in [0.3, 0.4) is 0 Å². The molecule has 0 radical (unpaired) electrons. The van der Waals surface area contributed by atoms with E-state index >= 15 is 0 Å². The molecular formula is C20H23ClN2O3. The number of anilines is 1. The topological polar surface area (TPSA) is 71.3 Å². The third kappa shape index (κ3) is 3.49. The van der Waals surface area contributed by atoms with Crippen LogP contribution in [0.4, 0.5) is 5.82 Å². The molecule has 2 aromatic rings. The van der Waals surface area contributed by atoms with Crippen LogP contribution in [0.25, 0.3) is 0 Å². The lowest BCUT2D eigenvalue weighted by Gasteiger charge is -2.27. The van der Waals surface area contributed by atoms with Crippen molar-refractivity contribution in [1.29, 1.82) is 0 Å². The second-order valence-corrected chi connectivity index (χ2v) is 7.30. The monoisotopic (exact) mass is 374 g/mol. The van der Waals surface area contributed by atoms with E-state index in [0.29, 0.717) is 22.0 Å². The average molecular weight is 375 g/mol. The highest BCUT2D eigenvalue weighted by molar-refractivity contribution is 6.31. The van der Waals surface area contributed by atoms with Crippen molar-refractivity contribution in [2.75, 3.05) is 5.32 Å². The maximum absolute atomic E-state index is 12.7.